The standard InChI is InChI=1S/C10H11ClFNO3/c1-10(2,7(14)9(15)16)6-3-5(11)4-13-8(6)12/h3-4,7,14H,1-2H3,(H,15,16). The van der Waals surface area contributed by atoms with E-state index in [1.54, 1.807) is 0 Å². The van der Waals surface area contributed by atoms with E-state index in [-0.39, 0.29) is 10.6 Å². The van der Waals surface area contributed by atoms with Crippen LogP contribution in [0.2, 0.25) is 5.02 Å². The van der Waals surface area contributed by atoms with Crippen molar-refractivity contribution in [3.05, 3.63) is 28.8 Å². The summed E-state index contributed by atoms with van der Waals surface area (Å²) in [6, 6.07) is 1.26. The van der Waals surface area contributed by atoms with Crippen LogP contribution in [0, 0.1) is 5.95 Å². The lowest BCUT2D eigenvalue weighted by Crippen LogP contribution is -2.40. The van der Waals surface area contributed by atoms with E-state index in [0.29, 0.717) is 0 Å². The van der Waals surface area contributed by atoms with Crippen LogP contribution in [0.1, 0.15) is 19.4 Å². The Bertz CT molecular complexity index is 423. The van der Waals surface area contributed by atoms with Gasteiger partial charge in [-0.25, -0.2) is 9.78 Å². The Hall–Kier alpha value is -1.20. The molecule has 0 saturated carbocycles. The Morgan fingerprint density at radius 1 is 1.62 bits per heavy atom. The van der Waals surface area contributed by atoms with Gasteiger partial charge in [0.15, 0.2) is 6.10 Å². The zero-order valence-corrected chi connectivity index (χ0v) is 9.49. The Morgan fingerprint density at radius 3 is 2.69 bits per heavy atom. The van der Waals surface area contributed by atoms with E-state index in [9.17, 15) is 14.3 Å². The number of hydrogen-bond donors (Lipinski definition) is 2. The van der Waals surface area contributed by atoms with Gasteiger partial charge in [0.25, 0.3) is 0 Å². The molecule has 2 N–H and O–H groups in total. The first kappa shape index (κ1) is 12.9. The summed E-state index contributed by atoms with van der Waals surface area (Å²) in [5.74, 6) is -2.26. The van der Waals surface area contributed by atoms with Gasteiger partial charge in [0.2, 0.25) is 5.95 Å². The van der Waals surface area contributed by atoms with Crippen molar-refractivity contribution in [1.29, 1.82) is 0 Å². The van der Waals surface area contributed by atoms with Crippen molar-refractivity contribution >= 4 is 17.6 Å². The second kappa shape index (κ2) is 4.35. The van der Waals surface area contributed by atoms with Gasteiger partial charge in [0.1, 0.15) is 0 Å². The third-order valence-electron chi connectivity index (χ3n) is 2.42. The Kier molecular flexibility index (Phi) is 3.50. The molecule has 0 fully saturated rings. The molecule has 0 spiro atoms. The minimum atomic E-state index is -1.73. The fourth-order valence-electron chi connectivity index (χ4n) is 1.33. The van der Waals surface area contributed by atoms with E-state index in [2.05, 4.69) is 4.98 Å². The molecule has 6 heteroatoms. The third-order valence-corrected chi connectivity index (χ3v) is 2.62. The number of carbonyl (C=O) groups is 1. The van der Waals surface area contributed by atoms with Gasteiger partial charge in [-0.2, -0.15) is 4.39 Å². The number of halogens is 2. The van der Waals surface area contributed by atoms with Crippen LogP contribution >= 0.6 is 11.6 Å². The molecule has 88 valence electrons. The smallest absolute Gasteiger partial charge is 0.333 e. The van der Waals surface area contributed by atoms with Crippen molar-refractivity contribution in [1.82, 2.24) is 4.98 Å². The van der Waals surface area contributed by atoms with Gasteiger partial charge in [-0.3, -0.25) is 0 Å². The number of pyridine rings is 1. The summed E-state index contributed by atoms with van der Waals surface area (Å²) in [7, 11) is 0. The molecule has 0 radical (unpaired) electrons. The lowest BCUT2D eigenvalue weighted by molar-refractivity contribution is -0.150. The van der Waals surface area contributed by atoms with Crippen molar-refractivity contribution < 1.29 is 19.4 Å². The summed E-state index contributed by atoms with van der Waals surface area (Å²) in [6.45, 7) is 2.81. The highest BCUT2D eigenvalue weighted by Crippen LogP contribution is 2.30. The number of carboxylic acids is 1. The lowest BCUT2D eigenvalue weighted by Gasteiger charge is -2.28. The maximum atomic E-state index is 13.4. The molecule has 4 nitrogen and oxygen atoms in total. The number of aliphatic carboxylic acids is 1. The number of carboxylic acid groups (broad SMARTS) is 1. The fourth-order valence-corrected chi connectivity index (χ4v) is 1.49. The maximum Gasteiger partial charge on any atom is 0.333 e. The normalized spacial score (nSPS) is 13.6. The van der Waals surface area contributed by atoms with Crippen LogP contribution in [0.25, 0.3) is 0 Å². The van der Waals surface area contributed by atoms with E-state index in [1.165, 1.54) is 19.9 Å². The highest BCUT2D eigenvalue weighted by molar-refractivity contribution is 6.30. The zero-order valence-electron chi connectivity index (χ0n) is 8.74. The second-order valence-electron chi connectivity index (χ2n) is 3.95. The average molecular weight is 248 g/mol. The summed E-state index contributed by atoms with van der Waals surface area (Å²) < 4.78 is 13.4. The molecular formula is C10H11ClFNO3. The quantitative estimate of drug-likeness (QED) is 0.796. The van der Waals surface area contributed by atoms with Crippen molar-refractivity contribution in [3.8, 4) is 0 Å². The first-order valence-electron chi connectivity index (χ1n) is 4.49. The van der Waals surface area contributed by atoms with Gasteiger partial charge >= 0.3 is 5.97 Å². The third kappa shape index (κ3) is 2.31. The molecule has 1 rings (SSSR count). The van der Waals surface area contributed by atoms with Crippen LogP contribution < -0.4 is 0 Å². The topological polar surface area (TPSA) is 70.4 Å². The fraction of sp³-hybridized carbons (Fsp3) is 0.400. The predicted octanol–water partition coefficient (Wildman–Crippen LogP) is 1.60. The lowest BCUT2D eigenvalue weighted by atomic mass is 9.80. The molecule has 0 saturated heterocycles. The van der Waals surface area contributed by atoms with Crippen molar-refractivity contribution in [2.45, 2.75) is 25.4 Å². The first-order chi connectivity index (χ1) is 7.26. The zero-order chi connectivity index (χ0) is 12.5. The summed E-state index contributed by atoms with van der Waals surface area (Å²) in [6.07, 6.45) is -0.619. The predicted molar refractivity (Wildman–Crippen MR) is 55.9 cm³/mol. The molecule has 1 heterocycles. The molecule has 1 aromatic rings. The summed E-state index contributed by atoms with van der Waals surface area (Å²) in [5, 5.41) is 18.4. The van der Waals surface area contributed by atoms with Crippen LogP contribution in [-0.4, -0.2) is 27.3 Å². The Labute approximate surface area is 96.7 Å². The van der Waals surface area contributed by atoms with Gasteiger partial charge in [-0.05, 0) is 6.07 Å². The van der Waals surface area contributed by atoms with E-state index < -0.39 is 23.4 Å². The molecular weight excluding hydrogens is 237 g/mol. The van der Waals surface area contributed by atoms with Gasteiger partial charge in [-0.15, -0.1) is 0 Å². The minimum Gasteiger partial charge on any atom is -0.479 e. The van der Waals surface area contributed by atoms with Crippen LogP contribution in [-0.2, 0) is 10.2 Å². The van der Waals surface area contributed by atoms with Gasteiger partial charge in [0, 0.05) is 17.2 Å². The molecule has 0 aliphatic carbocycles. The first-order valence-corrected chi connectivity index (χ1v) is 4.87. The second-order valence-corrected chi connectivity index (χ2v) is 4.39. The monoisotopic (exact) mass is 247 g/mol. The molecule has 0 amide bonds. The van der Waals surface area contributed by atoms with Gasteiger partial charge < -0.3 is 10.2 Å². The molecule has 1 aromatic heterocycles. The van der Waals surface area contributed by atoms with Crippen LogP contribution in [0.3, 0.4) is 0 Å². The number of rotatable bonds is 3. The SMILES string of the molecule is CC(C)(c1cc(Cl)cnc1F)C(O)C(=O)O. The molecule has 0 aliphatic heterocycles. The number of nitrogens with zero attached hydrogens (tertiary/aromatic N) is 1. The summed E-state index contributed by atoms with van der Waals surface area (Å²) in [4.78, 5) is 14.1. The van der Waals surface area contributed by atoms with Crippen LogP contribution in [0.15, 0.2) is 12.3 Å². The number of aromatic nitrogens is 1. The minimum absolute atomic E-state index is 0.0325. The highest BCUT2D eigenvalue weighted by Gasteiger charge is 2.37. The van der Waals surface area contributed by atoms with E-state index in [1.807, 2.05) is 0 Å². The van der Waals surface area contributed by atoms with Crippen molar-refractivity contribution in [2.24, 2.45) is 0 Å². The molecule has 0 aromatic carbocycles. The Balaban J connectivity index is 3.25. The largest absolute Gasteiger partial charge is 0.479 e. The molecule has 16 heavy (non-hydrogen) atoms. The van der Waals surface area contributed by atoms with E-state index >= 15 is 0 Å². The molecule has 0 bridgehead atoms. The number of aliphatic hydroxyl groups excluding tert-OH is 1. The summed E-state index contributed by atoms with van der Waals surface area (Å²) in [5.41, 5.74) is -1.34. The maximum absolute atomic E-state index is 13.4. The van der Waals surface area contributed by atoms with Gasteiger partial charge in [-0.1, -0.05) is 25.4 Å². The van der Waals surface area contributed by atoms with Crippen molar-refractivity contribution in [3.63, 3.8) is 0 Å². The van der Waals surface area contributed by atoms with Crippen molar-refractivity contribution in [2.75, 3.05) is 0 Å². The van der Waals surface area contributed by atoms with Gasteiger partial charge in [0.05, 0.1) is 5.02 Å². The van der Waals surface area contributed by atoms with Crippen LogP contribution in [0.5, 0.6) is 0 Å². The van der Waals surface area contributed by atoms with Crippen LogP contribution in [0.4, 0.5) is 4.39 Å². The summed E-state index contributed by atoms with van der Waals surface area (Å²) >= 11 is 5.65. The highest BCUT2D eigenvalue weighted by atomic mass is 35.5. The molecule has 1 atom stereocenters. The van der Waals surface area contributed by atoms with E-state index in [0.717, 1.165) is 6.20 Å². The number of hydrogen-bond acceptors (Lipinski definition) is 3. The van der Waals surface area contributed by atoms with E-state index in [4.69, 9.17) is 16.7 Å². The average Bonchev–Trinajstić information content (AvgIpc) is 2.20. The Morgan fingerprint density at radius 2 is 2.19 bits per heavy atom. The molecule has 1 unspecified atom stereocenters. The molecule has 0 aliphatic rings. The number of aliphatic hydroxyl groups is 1.